The van der Waals surface area contributed by atoms with E-state index in [0.29, 0.717) is 0 Å². The molecule has 3 nitrogen and oxygen atoms in total. The molecule has 0 aromatic carbocycles. The highest BCUT2D eigenvalue weighted by Gasteiger charge is 2.08. The maximum atomic E-state index is 4.26. The first-order chi connectivity index (χ1) is 6.27. The van der Waals surface area contributed by atoms with Gasteiger partial charge in [-0.15, -0.1) is 10.2 Å². The number of hydrogen-bond donors (Lipinski definition) is 0. The minimum Gasteiger partial charge on any atom is -0.253 e. The van der Waals surface area contributed by atoms with Gasteiger partial charge < -0.3 is 0 Å². The van der Waals surface area contributed by atoms with Crippen molar-refractivity contribution in [1.82, 2.24) is 15.2 Å². The fourth-order valence-corrected chi connectivity index (χ4v) is 2.95. The van der Waals surface area contributed by atoms with E-state index in [4.69, 9.17) is 0 Å². The van der Waals surface area contributed by atoms with Crippen molar-refractivity contribution in [3.63, 3.8) is 0 Å². The van der Waals surface area contributed by atoms with Gasteiger partial charge in [0, 0.05) is 9.77 Å². The molecule has 13 heavy (non-hydrogen) atoms. The normalized spacial score (nSPS) is 10.3. The summed E-state index contributed by atoms with van der Waals surface area (Å²) in [6.07, 6.45) is 1.77. The number of hydrogen-bond acceptors (Lipinski definition) is 4. The summed E-state index contributed by atoms with van der Waals surface area (Å²) in [5.74, 6) is 0. The lowest BCUT2D eigenvalue weighted by Gasteiger charge is -1.95. The molecule has 0 fully saturated rings. The molecular weight excluding hydrogens is 412 g/mol. The monoisotopic (exact) mass is 415 g/mol. The quantitative estimate of drug-likeness (QED) is 0.673. The Kier molecular flexibility index (Phi) is 3.09. The van der Waals surface area contributed by atoms with Crippen LogP contribution >= 0.6 is 56.5 Å². The van der Waals surface area contributed by atoms with Crippen LogP contribution in [0.5, 0.6) is 0 Å². The smallest absolute Gasteiger partial charge is 0.178 e. The van der Waals surface area contributed by atoms with E-state index in [9.17, 15) is 0 Å². The Morgan fingerprint density at radius 3 is 2.69 bits per heavy atom. The van der Waals surface area contributed by atoms with Gasteiger partial charge in [0.05, 0.1) is 0 Å². The van der Waals surface area contributed by atoms with E-state index in [1.165, 1.54) is 0 Å². The predicted octanol–water partition coefficient (Wildman–Crippen LogP) is 2.81. The Morgan fingerprint density at radius 1 is 1.23 bits per heavy atom. The molecule has 2 aromatic rings. The van der Waals surface area contributed by atoms with Gasteiger partial charge in [0.15, 0.2) is 8.02 Å². The third-order valence-electron chi connectivity index (χ3n) is 1.36. The van der Waals surface area contributed by atoms with Crippen LogP contribution < -0.4 is 0 Å². The predicted molar refractivity (Wildman–Crippen MR) is 68.6 cm³/mol. The average molecular weight is 415 g/mol. The summed E-state index contributed by atoms with van der Waals surface area (Å²) >= 11 is 5.95. The molecule has 0 radical (unpaired) electrons. The van der Waals surface area contributed by atoms with Crippen LogP contribution in [0.1, 0.15) is 0 Å². The third-order valence-corrected chi connectivity index (χ3v) is 3.83. The molecule has 0 saturated carbocycles. The van der Waals surface area contributed by atoms with Crippen molar-refractivity contribution >= 4 is 56.5 Å². The second kappa shape index (κ2) is 4.13. The molecule has 0 amide bonds. The van der Waals surface area contributed by atoms with Gasteiger partial charge in [0.2, 0.25) is 0 Å². The Labute approximate surface area is 106 Å². The van der Waals surface area contributed by atoms with Crippen LogP contribution in [0.3, 0.4) is 0 Å². The van der Waals surface area contributed by atoms with Crippen LogP contribution in [0.25, 0.3) is 10.7 Å². The summed E-state index contributed by atoms with van der Waals surface area (Å²) in [4.78, 5) is 4.26. The first-order valence-electron chi connectivity index (χ1n) is 3.37. The molecule has 6 heteroatoms. The maximum absolute atomic E-state index is 4.26. The van der Waals surface area contributed by atoms with E-state index in [-0.39, 0.29) is 0 Å². The molecule has 0 aliphatic heterocycles. The topological polar surface area (TPSA) is 38.7 Å². The number of pyridine rings is 1. The second-order valence-electron chi connectivity index (χ2n) is 2.19. The van der Waals surface area contributed by atoms with E-state index in [0.717, 1.165) is 17.3 Å². The van der Waals surface area contributed by atoms with Crippen molar-refractivity contribution in [3.8, 4) is 10.7 Å². The van der Waals surface area contributed by atoms with Gasteiger partial charge in [0.1, 0.15) is 5.69 Å². The van der Waals surface area contributed by atoms with Gasteiger partial charge in [-0.2, -0.15) is 0 Å². The van der Waals surface area contributed by atoms with Crippen LogP contribution in [0.4, 0.5) is 0 Å². The molecule has 0 saturated heterocycles. The first kappa shape index (κ1) is 9.71. The summed E-state index contributed by atoms with van der Waals surface area (Å²) < 4.78 is 2.04. The van der Waals surface area contributed by atoms with E-state index >= 15 is 0 Å². The van der Waals surface area contributed by atoms with Crippen molar-refractivity contribution in [1.29, 1.82) is 0 Å². The number of aromatic nitrogens is 3. The molecule has 2 aromatic heterocycles. The lowest BCUT2D eigenvalue weighted by molar-refractivity contribution is 1.06. The Hall–Kier alpha value is 0.170. The Balaban J connectivity index is 2.52. The van der Waals surface area contributed by atoms with Crippen LogP contribution in [0, 0.1) is 6.58 Å². The SMILES string of the molecule is Ic1nnc(-c2ncccc2I)s1. The fraction of sp³-hybridized carbons (Fsp3) is 0. The molecule has 2 rings (SSSR count). The summed E-state index contributed by atoms with van der Waals surface area (Å²) in [5.41, 5.74) is 0.920. The zero-order valence-corrected chi connectivity index (χ0v) is 11.4. The van der Waals surface area contributed by atoms with Gasteiger partial charge in [0.25, 0.3) is 0 Å². The van der Waals surface area contributed by atoms with Crippen LogP contribution in [0.2, 0.25) is 0 Å². The zero-order chi connectivity index (χ0) is 9.26. The highest BCUT2D eigenvalue weighted by Crippen LogP contribution is 2.25. The largest absolute Gasteiger partial charge is 0.253 e. The molecule has 66 valence electrons. The standard InChI is InChI=1S/C7H3I2N3S/c8-4-2-1-3-10-5(4)6-11-12-7(9)13-6/h1-3H. The van der Waals surface area contributed by atoms with Gasteiger partial charge in [-0.3, -0.25) is 4.98 Å². The Morgan fingerprint density at radius 2 is 2.08 bits per heavy atom. The van der Waals surface area contributed by atoms with E-state index < -0.39 is 0 Å². The number of halogens is 2. The van der Waals surface area contributed by atoms with Crippen LogP contribution in [0.15, 0.2) is 18.3 Å². The first-order valence-corrected chi connectivity index (χ1v) is 6.34. The zero-order valence-electron chi connectivity index (χ0n) is 6.24. The average Bonchev–Trinajstić information content (AvgIpc) is 2.53. The van der Waals surface area contributed by atoms with E-state index in [1.807, 2.05) is 12.1 Å². The lowest BCUT2D eigenvalue weighted by atomic mass is 10.4. The summed E-state index contributed by atoms with van der Waals surface area (Å²) in [6.45, 7) is 0. The molecule has 0 bridgehead atoms. The molecule has 2 heterocycles. The molecular formula is C7H3I2N3S. The molecule has 0 aliphatic rings. The Bertz CT molecular complexity index is 429. The minimum atomic E-state index is 0.884. The maximum Gasteiger partial charge on any atom is 0.178 e. The summed E-state index contributed by atoms with van der Waals surface area (Å²) in [5, 5.41) is 8.87. The summed E-state index contributed by atoms with van der Waals surface area (Å²) in [6, 6.07) is 3.93. The van der Waals surface area contributed by atoms with Crippen molar-refractivity contribution in [2.75, 3.05) is 0 Å². The fourth-order valence-electron chi connectivity index (χ4n) is 0.844. The molecule has 0 aliphatic carbocycles. The van der Waals surface area contributed by atoms with Gasteiger partial charge >= 0.3 is 0 Å². The van der Waals surface area contributed by atoms with Crippen molar-refractivity contribution in [2.45, 2.75) is 0 Å². The second-order valence-corrected chi connectivity index (χ2v) is 6.09. The summed E-state index contributed by atoms with van der Waals surface area (Å²) in [7, 11) is 0. The van der Waals surface area contributed by atoms with E-state index in [1.54, 1.807) is 17.5 Å². The third kappa shape index (κ3) is 2.15. The number of nitrogens with zero attached hydrogens (tertiary/aromatic N) is 3. The minimum absolute atomic E-state index is 0.884. The van der Waals surface area contributed by atoms with Crippen LogP contribution in [-0.4, -0.2) is 15.2 Å². The number of rotatable bonds is 1. The van der Waals surface area contributed by atoms with Crippen molar-refractivity contribution in [3.05, 3.63) is 24.9 Å². The van der Waals surface area contributed by atoms with Crippen molar-refractivity contribution < 1.29 is 0 Å². The molecule has 0 spiro atoms. The lowest BCUT2D eigenvalue weighted by Crippen LogP contribution is -1.85. The molecule has 0 unspecified atom stereocenters. The molecule has 0 N–H and O–H groups in total. The highest BCUT2D eigenvalue weighted by molar-refractivity contribution is 14.1. The van der Waals surface area contributed by atoms with Gasteiger partial charge in [-0.05, 0) is 57.3 Å². The molecule has 0 atom stereocenters. The van der Waals surface area contributed by atoms with E-state index in [2.05, 4.69) is 60.4 Å². The van der Waals surface area contributed by atoms with Gasteiger partial charge in [-0.25, -0.2) is 0 Å². The highest BCUT2D eigenvalue weighted by atomic mass is 127. The van der Waals surface area contributed by atoms with Crippen LogP contribution in [-0.2, 0) is 0 Å². The van der Waals surface area contributed by atoms with Crippen molar-refractivity contribution in [2.24, 2.45) is 0 Å². The van der Waals surface area contributed by atoms with Gasteiger partial charge in [-0.1, -0.05) is 11.3 Å².